The van der Waals surface area contributed by atoms with E-state index in [2.05, 4.69) is 11.1 Å². The van der Waals surface area contributed by atoms with Gasteiger partial charge >= 0.3 is 0 Å². The van der Waals surface area contributed by atoms with Gasteiger partial charge in [-0.3, -0.25) is 14.5 Å². The van der Waals surface area contributed by atoms with E-state index in [0.29, 0.717) is 5.92 Å². The lowest BCUT2D eigenvalue weighted by Crippen LogP contribution is -2.35. The third-order valence-corrected chi connectivity index (χ3v) is 5.34. The van der Waals surface area contributed by atoms with E-state index in [1.165, 1.54) is 0 Å². The van der Waals surface area contributed by atoms with Crippen LogP contribution in [-0.4, -0.2) is 38.7 Å². The summed E-state index contributed by atoms with van der Waals surface area (Å²) in [6.45, 7) is 7.61. The van der Waals surface area contributed by atoms with Crippen LogP contribution in [0.2, 0.25) is 0 Å². The van der Waals surface area contributed by atoms with Crippen LogP contribution in [0, 0.1) is 0 Å². The predicted octanol–water partition coefficient (Wildman–Crippen LogP) is 3.81. The van der Waals surface area contributed by atoms with Gasteiger partial charge in [-0.2, -0.15) is 5.10 Å². The van der Waals surface area contributed by atoms with E-state index in [1.54, 1.807) is 0 Å². The van der Waals surface area contributed by atoms with Gasteiger partial charge in [0, 0.05) is 37.8 Å². The number of hydrogen-bond acceptors (Lipinski definition) is 3. The zero-order valence-corrected chi connectivity index (χ0v) is 15.7. The highest BCUT2D eigenvalue weighted by Gasteiger charge is 2.24. The molecular formula is C20H28N4O. The zero-order chi connectivity index (χ0) is 18.0. The Morgan fingerprint density at radius 2 is 1.84 bits per heavy atom. The molecule has 0 unspecified atom stereocenters. The molecule has 0 saturated carbocycles. The number of carbonyl (C=O) groups excluding carboxylic acids is 1. The maximum atomic E-state index is 12.6. The minimum Gasteiger partial charge on any atom is -0.339 e. The van der Waals surface area contributed by atoms with Gasteiger partial charge in [0.25, 0.3) is 0 Å². The van der Waals surface area contributed by atoms with Crippen LogP contribution in [0.25, 0.3) is 11.0 Å². The van der Waals surface area contributed by atoms with Crippen molar-refractivity contribution in [2.75, 3.05) is 13.1 Å². The summed E-state index contributed by atoms with van der Waals surface area (Å²) in [5, 5.41) is 4.76. The van der Waals surface area contributed by atoms with Crippen LogP contribution < -0.4 is 0 Å². The van der Waals surface area contributed by atoms with E-state index < -0.39 is 0 Å². The molecule has 0 bridgehead atoms. The number of hydrogen-bond donors (Lipinski definition) is 0. The largest absolute Gasteiger partial charge is 0.339 e. The third-order valence-electron chi connectivity index (χ3n) is 5.34. The van der Waals surface area contributed by atoms with E-state index in [9.17, 15) is 4.79 Å². The predicted molar refractivity (Wildman–Crippen MR) is 100 cm³/mol. The molecule has 3 rings (SSSR count). The maximum Gasteiger partial charge on any atom is 0.249 e. The van der Waals surface area contributed by atoms with E-state index in [1.807, 2.05) is 49.7 Å². The number of aryl methyl sites for hydroxylation is 1. The lowest BCUT2D eigenvalue weighted by molar-refractivity contribution is -0.127. The van der Waals surface area contributed by atoms with Crippen LogP contribution in [0.15, 0.2) is 29.5 Å². The Balaban J connectivity index is 1.73. The van der Waals surface area contributed by atoms with Gasteiger partial charge in [0.1, 0.15) is 5.52 Å². The summed E-state index contributed by atoms with van der Waals surface area (Å²) in [6, 6.07) is 4.03. The minimum atomic E-state index is 0.198. The smallest absolute Gasteiger partial charge is 0.249 e. The quantitative estimate of drug-likeness (QED) is 0.781. The fourth-order valence-electron chi connectivity index (χ4n) is 3.63. The number of nitrogens with zero attached hydrogens (tertiary/aromatic N) is 4. The maximum absolute atomic E-state index is 12.6. The molecule has 5 heteroatoms. The van der Waals surface area contributed by atoms with Crippen LogP contribution in [0.4, 0.5) is 0 Å². The monoisotopic (exact) mass is 340 g/mol. The van der Waals surface area contributed by atoms with Crippen molar-refractivity contribution in [1.82, 2.24) is 19.7 Å². The summed E-state index contributed by atoms with van der Waals surface area (Å²) in [7, 11) is 1.99. The molecule has 3 heterocycles. The number of likely N-dealkylation sites (tertiary alicyclic amines) is 1. The van der Waals surface area contributed by atoms with Gasteiger partial charge in [-0.05, 0) is 58.6 Å². The fraction of sp³-hybridized carbons (Fsp3) is 0.550. The molecule has 0 N–H and O–H groups in total. The van der Waals surface area contributed by atoms with Crippen molar-refractivity contribution >= 4 is 16.9 Å². The highest BCUT2D eigenvalue weighted by atomic mass is 16.2. The third kappa shape index (κ3) is 3.60. The van der Waals surface area contributed by atoms with Gasteiger partial charge in [-0.25, -0.2) is 0 Å². The fourth-order valence-corrected chi connectivity index (χ4v) is 3.63. The molecule has 0 aromatic carbocycles. The first-order valence-corrected chi connectivity index (χ1v) is 9.20. The minimum absolute atomic E-state index is 0.198. The Kier molecular flexibility index (Phi) is 5.21. The lowest BCUT2D eigenvalue weighted by Gasteiger charge is -2.28. The molecular weight excluding hydrogens is 312 g/mol. The Labute approximate surface area is 149 Å². The Hall–Kier alpha value is -2.17. The molecule has 0 atom stereocenters. The lowest BCUT2D eigenvalue weighted by atomic mass is 9.91. The van der Waals surface area contributed by atoms with E-state index in [-0.39, 0.29) is 5.91 Å². The Morgan fingerprint density at radius 3 is 2.48 bits per heavy atom. The molecule has 0 aliphatic carbocycles. The second kappa shape index (κ2) is 7.38. The number of amides is 1. The average molecular weight is 340 g/mol. The van der Waals surface area contributed by atoms with Gasteiger partial charge in [0.2, 0.25) is 5.91 Å². The van der Waals surface area contributed by atoms with E-state index in [0.717, 1.165) is 66.6 Å². The van der Waals surface area contributed by atoms with E-state index >= 15 is 0 Å². The second-order valence-corrected chi connectivity index (χ2v) is 7.28. The van der Waals surface area contributed by atoms with Crippen LogP contribution >= 0.6 is 0 Å². The average Bonchev–Trinajstić information content (AvgIpc) is 2.91. The van der Waals surface area contributed by atoms with Crippen molar-refractivity contribution in [3.63, 3.8) is 0 Å². The molecule has 0 radical (unpaired) electrons. The molecule has 2 aromatic rings. The van der Waals surface area contributed by atoms with Crippen molar-refractivity contribution in [3.05, 3.63) is 35.2 Å². The first kappa shape index (κ1) is 17.6. The van der Waals surface area contributed by atoms with Crippen LogP contribution in [0.5, 0.6) is 0 Å². The molecule has 134 valence electrons. The first-order chi connectivity index (χ1) is 12.0. The summed E-state index contributed by atoms with van der Waals surface area (Å²) in [6.07, 6.45) is 5.98. The molecule has 1 aliphatic rings. The van der Waals surface area contributed by atoms with Crippen LogP contribution in [0.1, 0.15) is 58.1 Å². The first-order valence-electron chi connectivity index (χ1n) is 9.20. The van der Waals surface area contributed by atoms with Crippen molar-refractivity contribution in [3.8, 4) is 0 Å². The Morgan fingerprint density at radius 1 is 1.16 bits per heavy atom. The van der Waals surface area contributed by atoms with Crippen molar-refractivity contribution in [2.45, 2.75) is 52.4 Å². The zero-order valence-electron chi connectivity index (χ0n) is 15.7. The van der Waals surface area contributed by atoms with Crippen molar-refractivity contribution < 1.29 is 4.79 Å². The van der Waals surface area contributed by atoms with Crippen molar-refractivity contribution in [1.29, 1.82) is 0 Å². The number of allylic oxidation sites excluding steroid dienone is 1. The topological polar surface area (TPSA) is 51.0 Å². The molecule has 1 saturated heterocycles. The molecule has 1 amide bonds. The molecule has 5 nitrogen and oxygen atoms in total. The molecule has 25 heavy (non-hydrogen) atoms. The summed E-state index contributed by atoms with van der Waals surface area (Å²) in [5.41, 5.74) is 5.24. The molecule has 2 aromatic heterocycles. The van der Waals surface area contributed by atoms with Crippen LogP contribution in [0.3, 0.4) is 0 Å². The van der Waals surface area contributed by atoms with Crippen LogP contribution in [-0.2, 0) is 11.8 Å². The highest BCUT2D eigenvalue weighted by molar-refractivity contribution is 5.93. The van der Waals surface area contributed by atoms with Crippen molar-refractivity contribution in [2.24, 2.45) is 7.05 Å². The molecule has 0 spiro atoms. The number of aromatic nitrogens is 3. The van der Waals surface area contributed by atoms with Gasteiger partial charge in [-0.1, -0.05) is 5.57 Å². The number of pyridine rings is 1. The molecule has 1 fully saturated rings. The van der Waals surface area contributed by atoms with Gasteiger partial charge in [0.15, 0.2) is 0 Å². The summed E-state index contributed by atoms with van der Waals surface area (Å²) < 4.78 is 1.93. The van der Waals surface area contributed by atoms with Gasteiger partial charge in [0.05, 0.1) is 11.2 Å². The number of rotatable bonds is 2. The normalized spacial score (nSPS) is 16.6. The number of carbonyl (C=O) groups is 1. The second-order valence-electron chi connectivity index (χ2n) is 7.28. The SMILES string of the molecule is CC(C)=C(C)C(=O)N1CCCC(c2nn(C)c3cccnc23)CCC1. The van der Waals surface area contributed by atoms with Gasteiger partial charge in [-0.15, -0.1) is 0 Å². The standard InChI is InChI=1S/C20H28N4O/c1-14(2)15(3)20(25)24-12-6-8-16(9-7-13-24)18-19-17(23(4)22-18)10-5-11-21-19/h5,10-11,16H,6-9,12-13H2,1-4H3. The molecule has 1 aliphatic heterocycles. The number of fused-ring (bicyclic) bond motifs is 1. The Bertz CT molecular complexity index is 791. The van der Waals surface area contributed by atoms with Gasteiger partial charge < -0.3 is 4.90 Å². The summed E-state index contributed by atoms with van der Waals surface area (Å²) in [5.74, 6) is 0.629. The van der Waals surface area contributed by atoms with E-state index in [4.69, 9.17) is 5.10 Å². The summed E-state index contributed by atoms with van der Waals surface area (Å²) in [4.78, 5) is 19.2. The summed E-state index contributed by atoms with van der Waals surface area (Å²) >= 11 is 0. The highest BCUT2D eigenvalue weighted by Crippen LogP contribution is 2.31.